The molecular formula is C43H49Cl2Zr. The zero-order valence-corrected chi connectivity index (χ0v) is 33.2. The van der Waals surface area contributed by atoms with E-state index in [0.29, 0.717) is 5.92 Å². The molecule has 0 saturated carbocycles. The van der Waals surface area contributed by atoms with Gasteiger partial charge in [-0.3, -0.25) is 0 Å². The van der Waals surface area contributed by atoms with Crippen LogP contribution >= 0.6 is 24.8 Å². The van der Waals surface area contributed by atoms with Gasteiger partial charge in [0, 0.05) is 0 Å². The predicted octanol–water partition coefficient (Wildman–Crippen LogP) is 10.3. The van der Waals surface area contributed by atoms with E-state index in [1.807, 2.05) is 0 Å². The fourth-order valence-electron chi connectivity index (χ4n) is 7.73. The Balaban J connectivity index is 0.00000240. The van der Waals surface area contributed by atoms with E-state index < -0.39 is 22.8 Å². The Bertz CT molecular complexity index is 1900. The summed E-state index contributed by atoms with van der Waals surface area (Å²) in [5.74, 6) is 0.420. The van der Waals surface area contributed by atoms with Gasteiger partial charge in [0.25, 0.3) is 0 Å². The Hall–Kier alpha value is -2.31. The maximum absolute atomic E-state index is 2.65. The van der Waals surface area contributed by atoms with Crippen LogP contribution < -0.4 is 10.4 Å². The molecule has 0 amide bonds. The summed E-state index contributed by atoms with van der Waals surface area (Å²) in [6.45, 7) is 24.0. The minimum absolute atomic E-state index is 0. The fourth-order valence-corrected chi connectivity index (χ4v) is 12.7. The van der Waals surface area contributed by atoms with Gasteiger partial charge >= 0.3 is 278 Å². The van der Waals surface area contributed by atoms with E-state index in [1.165, 1.54) is 55.0 Å². The van der Waals surface area contributed by atoms with E-state index >= 15 is 0 Å². The van der Waals surface area contributed by atoms with Crippen molar-refractivity contribution < 1.29 is 22.8 Å². The molecule has 3 aromatic carbocycles. The number of hydrogen-bond acceptors (Lipinski definition) is 0. The molecule has 0 aromatic heterocycles. The molecule has 0 N–H and O–H groups in total. The fraction of sp³-hybridized carbons (Fsp3) is 0.326. The molecule has 2 unspecified atom stereocenters. The van der Waals surface area contributed by atoms with Crippen LogP contribution in [0.2, 0.25) is 0 Å². The first-order valence-electron chi connectivity index (χ1n) is 16.2. The van der Waals surface area contributed by atoms with Crippen LogP contribution in [-0.4, -0.2) is 3.21 Å². The molecule has 3 aromatic rings. The van der Waals surface area contributed by atoms with Crippen molar-refractivity contribution in [3.05, 3.63) is 149 Å². The van der Waals surface area contributed by atoms with Crippen molar-refractivity contribution in [2.45, 2.75) is 74.7 Å². The Morgan fingerprint density at radius 2 is 1.28 bits per heavy atom. The first-order valence-corrected chi connectivity index (χ1v) is 18.7. The van der Waals surface area contributed by atoms with Crippen LogP contribution in [0.3, 0.4) is 0 Å². The van der Waals surface area contributed by atoms with Crippen LogP contribution in [0.1, 0.15) is 85.9 Å². The van der Waals surface area contributed by atoms with Crippen molar-refractivity contribution in [2.75, 3.05) is 0 Å². The molecule has 239 valence electrons. The number of fused-ring (bicyclic) bond motifs is 2. The van der Waals surface area contributed by atoms with Crippen LogP contribution in [-0.2, 0) is 28.2 Å². The Morgan fingerprint density at radius 3 is 1.76 bits per heavy atom. The molecule has 0 radical (unpaired) electrons. The minimum Gasteiger partial charge on any atom is -0.147 e. The largest absolute Gasteiger partial charge is 0.147 e. The summed E-state index contributed by atoms with van der Waals surface area (Å²) in [5, 5.41) is 2.77. The molecule has 3 aliphatic carbocycles. The van der Waals surface area contributed by atoms with E-state index in [-0.39, 0.29) is 41.1 Å². The van der Waals surface area contributed by atoms with Gasteiger partial charge in [0.15, 0.2) is 0 Å². The standard InChI is InChI=1S/C30H37.C13H10.2ClH.Zr/c1-18-19(2)21(4)27(20(18)3)30(29(8,9)10)14-13-26-23(17-30)15-22-16-24(28(5,6)7)11-12-25(22)26;1-3-7-12(8-4-1)11-13-9-5-2-6-10-13;;;/h11-16,20H,1-10H3;1-10H;2*1H;. The van der Waals surface area contributed by atoms with Crippen LogP contribution in [0.25, 0.3) is 11.6 Å². The van der Waals surface area contributed by atoms with E-state index in [4.69, 9.17) is 0 Å². The SMILES string of the molecule is CC1=C(C)C(C)C(C2(C(C)(C)C)C=CC3=c4ccc(C(C)(C)C)cc4=CC3=[C]2[Zr]=[C](c2ccccc2)c2ccccc2)=C1C.Cl.Cl. The maximum atomic E-state index is 2.65. The van der Waals surface area contributed by atoms with Crippen LogP contribution in [0, 0.1) is 16.7 Å². The Labute approximate surface area is 301 Å². The molecule has 0 heterocycles. The number of hydrogen-bond donors (Lipinski definition) is 0. The number of rotatable bonds is 4. The molecule has 0 bridgehead atoms. The van der Waals surface area contributed by atoms with Gasteiger partial charge < -0.3 is 0 Å². The Kier molecular flexibility index (Phi) is 10.6. The second kappa shape index (κ2) is 13.3. The molecule has 2 atom stereocenters. The van der Waals surface area contributed by atoms with Crippen LogP contribution in [0.4, 0.5) is 0 Å². The molecule has 6 rings (SSSR count). The number of benzene rings is 3. The molecule has 46 heavy (non-hydrogen) atoms. The first-order chi connectivity index (χ1) is 20.8. The first kappa shape index (κ1) is 36.5. The van der Waals surface area contributed by atoms with Crippen molar-refractivity contribution in [2.24, 2.45) is 16.7 Å². The second-order valence-corrected chi connectivity index (χ2v) is 18.2. The van der Waals surface area contributed by atoms with Gasteiger partial charge in [-0.25, -0.2) is 0 Å². The van der Waals surface area contributed by atoms with Gasteiger partial charge in [0.05, 0.1) is 0 Å². The van der Waals surface area contributed by atoms with E-state index in [9.17, 15) is 0 Å². The summed E-state index contributed by atoms with van der Waals surface area (Å²) in [6, 6.07) is 29.7. The van der Waals surface area contributed by atoms with Gasteiger partial charge in [-0.05, 0) is 0 Å². The molecular weight excluding hydrogens is 679 g/mol. The van der Waals surface area contributed by atoms with Crippen molar-refractivity contribution >= 4 is 39.7 Å². The number of halogens is 2. The molecule has 0 aliphatic heterocycles. The van der Waals surface area contributed by atoms with E-state index in [2.05, 4.69) is 166 Å². The summed E-state index contributed by atoms with van der Waals surface area (Å²) in [6.07, 6.45) is 7.72. The molecule has 0 spiro atoms. The van der Waals surface area contributed by atoms with Gasteiger partial charge in [0.2, 0.25) is 0 Å². The monoisotopic (exact) mass is 725 g/mol. The average molecular weight is 728 g/mol. The summed E-state index contributed by atoms with van der Waals surface area (Å²) >= 11 is -1.39. The van der Waals surface area contributed by atoms with Crippen molar-refractivity contribution in [3.63, 3.8) is 0 Å². The van der Waals surface area contributed by atoms with Crippen molar-refractivity contribution in [3.8, 4) is 0 Å². The second-order valence-electron chi connectivity index (χ2n) is 15.1. The zero-order valence-electron chi connectivity index (χ0n) is 29.1. The third-order valence-corrected chi connectivity index (χ3v) is 14.9. The summed E-state index contributed by atoms with van der Waals surface area (Å²) in [4.78, 5) is 0. The third kappa shape index (κ3) is 5.95. The summed E-state index contributed by atoms with van der Waals surface area (Å²) in [5.41, 5.74) is 13.1. The van der Waals surface area contributed by atoms with Crippen LogP contribution in [0.15, 0.2) is 122 Å². The Morgan fingerprint density at radius 1 is 0.717 bits per heavy atom. The maximum Gasteiger partial charge on any atom is -0.147 e. The zero-order chi connectivity index (χ0) is 31.6. The number of allylic oxidation sites excluding steroid dienone is 8. The minimum atomic E-state index is -1.39. The third-order valence-electron chi connectivity index (χ3n) is 10.6. The summed E-state index contributed by atoms with van der Waals surface area (Å²) < 4.78 is 3.26. The topological polar surface area (TPSA) is 0 Å². The molecule has 0 nitrogen and oxygen atoms in total. The van der Waals surface area contributed by atoms with Gasteiger partial charge in [-0.15, -0.1) is 24.8 Å². The van der Waals surface area contributed by atoms with Gasteiger partial charge in [-0.1, -0.05) is 0 Å². The van der Waals surface area contributed by atoms with E-state index in [1.54, 1.807) is 12.1 Å². The van der Waals surface area contributed by atoms with Crippen LogP contribution in [0.5, 0.6) is 0 Å². The molecule has 0 fully saturated rings. The van der Waals surface area contributed by atoms with E-state index in [0.717, 1.165) is 0 Å². The molecule has 0 saturated heterocycles. The van der Waals surface area contributed by atoms with Gasteiger partial charge in [-0.2, -0.15) is 0 Å². The normalized spacial score (nSPS) is 20.5. The molecule has 3 aliphatic rings. The average Bonchev–Trinajstić information content (AvgIpc) is 3.45. The quantitative estimate of drug-likeness (QED) is 0.251. The van der Waals surface area contributed by atoms with Gasteiger partial charge in [0.1, 0.15) is 0 Å². The smallest absolute Gasteiger partial charge is 0.147 e. The summed E-state index contributed by atoms with van der Waals surface area (Å²) in [7, 11) is 0. The predicted molar refractivity (Wildman–Crippen MR) is 201 cm³/mol. The van der Waals surface area contributed by atoms with Crippen molar-refractivity contribution in [1.29, 1.82) is 0 Å². The molecule has 3 heteroatoms. The van der Waals surface area contributed by atoms with Crippen molar-refractivity contribution in [1.82, 2.24) is 0 Å².